The number of rotatable bonds is 3. The maximum atomic E-state index is 13.8. The van der Waals surface area contributed by atoms with Crippen LogP contribution in [0.2, 0.25) is 0 Å². The van der Waals surface area contributed by atoms with E-state index in [-0.39, 0.29) is 17.0 Å². The molecule has 1 unspecified atom stereocenters. The molecule has 2 N–H and O–H groups in total. The molecule has 0 amide bonds. The number of carboxylic acid groups (broad SMARTS) is 1. The van der Waals surface area contributed by atoms with Crippen molar-refractivity contribution in [3.05, 3.63) is 29.6 Å². The van der Waals surface area contributed by atoms with Crippen molar-refractivity contribution in [3.8, 4) is 0 Å². The molecule has 98 valence electrons. The zero-order chi connectivity index (χ0) is 13.3. The fraction of sp³-hybridized carbons (Fsp3) is 0.500. The van der Waals surface area contributed by atoms with Crippen molar-refractivity contribution in [1.29, 1.82) is 0 Å². The van der Waals surface area contributed by atoms with E-state index in [1.54, 1.807) is 0 Å². The van der Waals surface area contributed by atoms with Crippen LogP contribution in [0.1, 0.15) is 43.5 Å². The predicted molar refractivity (Wildman–Crippen MR) is 68.4 cm³/mol. The first-order valence-corrected chi connectivity index (χ1v) is 6.19. The summed E-state index contributed by atoms with van der Waals surface area (Å²) in [6.45, 7) is 4.34. The Kier molecular flexibility index (Phi) is 3.28. The number of halogens is 1. The third kappa shape index (κ3) is 2.47. The lowest BCUT2D eigenvalue weighted by molar-refractivity contribution is 0.0696. The zero-order valence-electron chi connectivity index (χ0n) is 10.7. The highest BCUT2D eigenvalue weighted by Gasteiger charge is 2.34. The molecular formula is C14H18FNO2. The van der Waals surface area contributed by atoms with Crippen LogP contribution in [0.3, 0.4) is 0 Å². The van der Waals surface area contributed by atoms with Gasteiger partial charge in [-0.2, -0.15) is 0 Å². The Morgan fingerprint density at radius 3 is 2.72 bits per heavy atom. The molecular weight excluding hydrogens is 233 g/mol. The number of carboxylic acids is 1. The molecule has 3 nitrogen and oxygen atoms in total. The summed E-state index contributed by atoms with van der Waals surface area (Å²) in [7, 11) is 0. The predicted octanol–water partition coefficient (Wildman–Crippen LogP) is 3.51. The minimum Gasteiger partial charge on any atom is -0.478 e. The quantitative estimate of drug-likeness (QED) is 0.864. The lowest BCUT2D eigenvalue weighted by Crippen LogP contribution is -2.31. The van der Waals surface area contributed by atoms with E-state index in [2.05, 4.69) is 19.2 Å². The summed E-state index contributed by atoms with van der Waals surface area (Å²) in [5.41, 5.74) is 0.515. The van der Waals surface area contributed by atoms with Crippen LogP contribution in [0.25, 0.3) is 0 Å². The summed E-state index contributed by atoms with van der Waals surface area (Å²) in [5.74, 6) is -1.61. The summed E-state index contributed by atoms with van der Waals surface area (Å²) in [6, 6.07) is 4.23. The van der Waals surface area contributed by atoms with Crippen LogP contribution in [-0.2, 0) is 0 Å². The molecule has 0 heterocycles. The maximum Gasteiger partial charge on any atom is 0.335 e. The first kappa shape index (κ1) is 12.9. The summed E-state index contributed by atoms with van der Waals surface area (Å²) < 4.78 is 13.8. The normalized spacial score (nSPS) is 21.8. The maximum absolute atomic E-state index is 13.8. The largest absolute Gasteiger partial charge is 0.478 e. The minimum atomic E-state index is -1.11. The minimum absolute atomic E-state index is 0.0243. The molecule has 18 heavy (non-hydrogen) atoms. The van der Waals surface area contributed by atoms with Crippen molar-refractivity contribution in [3.63, 3.8) is 0 Å². The van der Waals surface area contributed by atoms with Crippen molar-refractivity contribution >= 4 is 11.7 Å². The number of anilines is 1. The third-order valence-electron chi connectivity index (χ3n) is 3.80. The van der Waals surface area contributed by atoms with Crippen LogP contribution in [0.15, 0.2) is 18.2 Å². The van der Waals surface area contributed by atoms with Crippen molar-refractivity contribution in [1.82, 2.24) is 0 Å². The number of hydrogen-bond acceptors (Lipinski definition) is 2. The Labute approximate surface area is 106 Å². The van der Waals surface area contributed by atoms with E-state index in [0.717, 1.165) is 25.3 Å². The second-order valence-corrected chi connectivity index (χ2v) is 5.58. The average Bonchev–Trinajstić information content (AvgIpc) is 2.61. The highest BCUT2D eigenvalue weighted by molar-refractivity contribution is 5.88. The number of aromatic carboxylic acids is 1. The van der Waals surface area contributed by atoms with Gasteiger partial charge in [-0.1, -0.05) is 20.3 Å². The van der Waals surface area contributed by atoms with Gasteiger partial charge in [0.05, 0.1) is 11.3 Å². The fourth-order valence-corrected chi connectivity index (χ4v) is 2.55. The van der Waals surface area contributed by atoms with Crippen LogP contribution in [-0.4, -0.2) is 17.1 Å². The third-order valence-corrected chi connectivity index (χ3v) is 3.80. The van der Waals surface area contributed by atoms with Gasteiger partial charge < -0.3 is 10.4 Å². The second kappa shape index (κ2) is 4.59. The molecule has 1 aliphatic carbocycles. The van der Waals surface area contributed by atoms with Crippen LogP contribution < -0.4 is 5.32 Å². The van der Waals surface area contributed by atoms with Gasteiger partial charge >= 0.3 is 5.97 Å². The molecule has 0 aliphatic heterocycles. The van der Waals surface area contributed by atoms with Gasteiger partial charge in [0.25, 0.3) is 0 Å². The second-order valence-electron chi connectivity index (χ2n) is 5.58. The Morgan fingerprint density at radius 1 is 1.50 bits per heavy atom. The molecule has 0 radical (unpaired) electrons. The molecule has 1 fully saturated rings. The van der Waals surface area contributed by atoms with Crippen molar-refractivity contribution < 1.29 is 14.3 Å². The smallest absolute Gasteiger partial charge is 0.335 e. The van der Waals surface area contributed by atoms with Gasteiger partial charge in [0, 0.05) is 6.04 Å². The van der Waals surface area contributed by atoms with E-state index >= 15 is 0 Å². The van der Waals surface area contributed by atoms with Crippen molar-refractivity contribution in [2.24, 2.45) is 5.41 Å². The fourth-order valence-electron chi connectivity index (χ4n) is 2.55. The van der Waals surface area contributed by atoms with Crippen LogP contribution in [0.5, 0.6) is 0 Å². The summed E-state index contributed by atoms with van der Waals surface area (Å²) in [5, 5.41) is 12.0. The van der Waals surface area contributed by atoms with E-state index in [1.165, 1.54) is 12.1 Å². The summed E-state index contributed by atoms with van der Waals surface area (Å²) >= 11 is 0. The Balaban J connectivity index is 2.17. The van der Waals surface area contributed by atoms with E-state index in [0.29, 0.717) is 5.69 Å². The van der Waals surface area contributed by atoms with Gasteiger partial charge in [0.15, 0.2) is 0 Å². The molecule has 1 atom stereocenters. The molecule has 0 saturated heterocycles. The molecule has 2 rings (SSSR count). The highest BCUT2D eigenvalue weighted by Crippen LogP contribution is 2.39. The number of hydrogen-bond donors (Lipinski definition) is 2. The van der Waals surface area contributed by atoms with E-state index in [1.807, 2.05) is 0 Å². The van der Waals surface area contributed by atoms with E-state index in [4.69, 9.17) is 5.11 Å². The van der Waals surface area contributed by atoms with Gasteiger partial charge in [0.1, 0.15) is 5.82 Å². The molecule has 0 spiro atoms. The Morgan fingerprint density at radius 2 is 2.22 bits per heavy atom. The molecule has 4 heteroatoms. The van der Waals surface area contributed by atoms with Gasteiger partial charge in [0.2, 0.25) is 0 Å². The number of nitrogens with one attached hydrogen (secondary N) is 1. The lowest BCUT2D eigenvalue weighted by atomic mass is 9.87. The monoisotopic (exact) mass is 251 g/mol. The molecule has 0 aromatic heterocycles. The van der Waals surface area contributed by atoms with Gasteiger partial charge in [-0.15, -0.1) is 0 Å². The molecule has 1 aromatic carbocycles. The van der Waals surface area contributed by atoms with Crippen LogP contribution >= 0.6 is 0 Å². The van der Waals surface area contributed by atoms with Crippen LogP contribution in [0, 0.1) is 11.2 Å². The summed E-state index contributed by atoms with van der Waals surface area (Å²) in [4.78, 5) is 10.7. The molecule has 0 bridgehead atoms. The topological polar surface area (TPSA) is 49.3 Å². The number of benzene rings is 1. The lowest BCUT2D eigenvalue weighted by Gasteiger charge is -2.28. The molecule has 1 aromatic rings. The standard InChI is InChI=1S/C14H18FNO2/c1-14(2)7-3-4-12(14)16-11-6-5-9(13(17)18)8-10(11)15/h5-6,8,12,16H,3-4,7H2,1-2H3,(H,17,18). The zero-order valence-corrected chi connectivity index (χ0v) is 10.7. The van der Waals surface area contributed by atoms with Gasteiger partial charge in [-0.05, 0) is 36.5 Å². The van der Waals surface area contributed by atoms with E-state index in [9.17, 15) is 9.18 Å². The highest BCUT2D eigenvalue weighted by atomic mass is 19.1. The molecule has 1 aliphatic rings. The van der Waals surface area contributed by atoms with Crippen molar-refractivity contribution in [2.75, 3.05) is 5.32 Å². The SMILES string of the molecule is CC1(C)CCCC1Nc1ccc(C(=O)O)cc1F. The first-order chi connectivity index (χ1) is 8.40. The average molecular weight is 251 g/mol. The molecule has 1 saturated carbocycles. The van der Waals surface area contributed by atoms with E-state index < -0.39 is 11.8 Å². The number of carbonyl (C=O) groups is 1. The van der Waals surface area contributed by atoms with Gasteiger partial charge in [-0.25, -0.2) is 9.18 Å². The van der Waals surface area contributed by atoms with Crippen LogP contribution in [0.4, 0.5) is 10.1 Å². The van der Waals surface area contributed by atoms with Crippen molar-refractivity contribution in [2.45, 2.75) is 39.2 Å². The Hall–Kier alpha value is -1.58. The first-order valence-electron chi connectivity index (χ1n) is 6.19. The van der Waals surface area contributed by atoms with Gasteiger partial charge in [-0.3, -0.25) is 0 Å². The Bertz CT molecular complexity index is 471. The summed E-state index contributed by atoms with van der Waals surface area (Å²) in [6.07, 6.45) is 3.28.